The average Bonchev–Trinajstić information content (AvgIpc) is 3.27. The van der Waals surface area contributed by atoms with Crippen molar-refractivity contribution in [3.05, 3.63) is 0 Å². The van der Waals surface area contributed by atoms with Gasteiger partial charge in [0, 0.05) is 19.6 Å². The van der Waals surface area contributed by atoms with Gasteiger partial charge in [-0.1, -0.05) is 13.8 Å². The van der Waals surface area contributed by atoms with Crippen LogP contribution in [-0.2, 0) is 0 Å². The number of hydrogen-bond acceptors (Lipinski definition) is 2. The van der Waals surface area contributed by atoms with E-state index in [2.05, 4.69) is 18.7 Å². The molecule has 3 rings (SSSR count). The molecule has 0 aliphatic heterocycles. The molecule has 0 spiro atoms. The van der Waals surface area contributed by atoms with Gasteiger partial charge in [-0.25, -0.2) is 0 Å². The number of rotatable bonds is 7. The number of aliphatic hydroxyl groups is 1. The lowest BCUT2D eigenvalue weighted by molar-refractivity contribution is 0.0170. The molecule has 3 aliphatic carbocycles. The van der Waals surface area contributed by atoms with Crippen molar-refractivity contribution in [3.63, 3.8) is 0 Å². The van der Waals surface area contributed by atoms with Gasteiger partial charge in [0.25, 0.3) is 0 Å². The summed E-state index contributed by atoms with van der Waals surface area (Å²) in [6, 6.07) is 0. The van der Waals surface area contributed by atoms with Crippen molar-refractivity contribution in [2.75, 3.05) is 19.6 Å². The van der Waals surface area contributed by atoms with E-state index in [9.17, 15) is 5.11 Å². The van der Waals surface area contributed by atoms with Gasteiger partial charge < -0.3 is 10.0 Å². The fourth-order valence-electron chi connectivity index (χ4n) is 3.97. The van der Waals surface area contributed by atoms with E-state index >= 15 is 0 Å². The Bertz CT molecular complexity index is 295. The van der Waals surface area contributed by atoms with Crippen LogP contribution in [0.2, 0.25) is 0 Å². The SMILES string of the molecule is CC(C)C1CCC(O)C(CN(CC2CC2)CC2CC2)C1. The van der Waals surface area contributed by atoms with Crippen LogP contribution in [0.1, 0.15) is 58.8 Å². The highest BCUT2D eigenvalue weighted by molar-refractivity contribution is 4.87. The topological polar surface area (TPSA) is 23.5 Å². The highest BCUT2D eigenvalue weighted by atomic mass is 16.3. The minimum atomic E-state index is -0.0362. The van der Waals surface area contributed by atoms with Crippen LogP contribution in [0.3, 0.4) is 0 Å². The van der Waals surface area contributed by atoms with Crippen LogP contribution in [-0.4, -0.2) is 35.7 Å². The molecule has 1 N–H and O–H groups in total. The molecule has 3 fully saturated rings. The molecule has 0 bridgehead atoms. The van der Waals surface area contributed by atoms with Crippen molar-refractivity contribution in [2.24, 2.45) is 29.6 Å². The van der Waals surface area contributed by atoms with E-state index in [-0.39, 0.29) is 6.10 Å². The van der Waals surface area contributed by atoms with Gasteiger partial charge in [-0.05, 0) is 74.5 Å². The van der Waals surface area contributed by atoms with E-state index in [1.807, 2.05) is 0 Å². The quantitative estimate of drug-likeness (QED) is 0.770. The standard InChI is InChI=1S/C18H33NO/c1-13(2)16-7-8-18(20)17(9-16)12-19(10-14-3-4-14)11-15-5-6-15/h13-18,20H,3-12H2,1-2H3. The molecule has 3 saturated carbocycles. The zero-order valence-electron chi connectivity index (χ0n) is 13.4. The van der Waals surface area contributed by atoms with Gasteiger partial charge in [0.05, 0.1) is 6.10 Å². The maximum absolute atomic E-state index is 10.4. The molecular weight excluding hydrogens is 246 g/mol. The minimum absolute atomic E-state index is 0.0362. The first-order chi connectivity index (χ1) is 9.61. The third-order valence-electron chi connectivity index (χ3n) is 5.85. The van der Waals surface area contributed by atoms with Crippen molar-refractivity contribution in [1.29, 1.82) is 0 Å². The second-order valence-corrected chi connectivity index (χ2v) is 8.25. The van der Waals surface area contributed by atoms with Gasteiger partial charge >= 0.3 is 0 Å². The van der Waals surface area contributed by atoms with Crippen molar-refractivity contribution in [1.82, 2.24) is 4.90 Å². The van der Waals surface area contributed by atoms with Gasteiger partial charge in [-0.3, -0.25) is 0 Å². The second kappa shape index (κ2) is 6.36. The second-order valence-electron chi connectivity index (χ2n) is 8.25. The maximum Gasteiger partial charge on any atom is 0.0580 e. The molecule has 2 heteroatoms. The van der Waals surface area contributed by atoms with Crippen LogP contribution in [0.25, 0.3) is 0 Å². The highest BCUT2D eigenvalue weighted by Gasteiger charge is 2.35. The van der Waals surface area contributed by atoms with Crippen molar-refractivity contribution in [2.45, 2.75) is 64.9 Å². The summed E-state index contributed by atoms with van der Waals surface area (Å²) in [6.45, 7) is 8.49. The molecule has 2 nitrogen and oxygen atoms in total. The predicted octanol–water partition coefficient (Wildman–Crippen LogP) is 3.54. The summed E-state index contributed by atoms with van der Waals surface area (Å²) in [4.78, 5) is 2.71. The monoisotopic (exact) mass is 279 g/mol. The number of nitrogens with zero attached hydrogens (tertiary/aromatic N) is 1. The third kappa shape index (κ3) is 4.21. The van der Waals surface area contributed by atoms with Crippen LogP contribution in [0.4, 0.5) is 0 Å². The maximum atomic E-state index is 10.4. The normalized spacial score (nSPS) is 35.0. The summed E-state index contributed by atoms with van der Waals surface area (Å²) < 4.78 is 0. The molecule has 0 amide bonds. The molecule has 0 saturated heterocycles. The van der Waals surface area contributed by atoms with Gasteiger partial charge in [0.15, 0.2) is 0 Å². The number of aliphatic hydroxyl groups excluding tert-OH is 1. The molecular formula is C18H33NO. The Kier molecular flexibility index (Phi) is 4.72. The zero-order valence-corrected chi connectivity index (χ0v) is 13.4. The molecule has 3 atom stereocenters. The molecule has 0 aromatic carbocycles. The van der Waals surface area contributed by atoms with Gasteiger partial charge in [-0.2, -0.15) is 0 Å². The van der Waals surface area contributed by atoms with Gasteiger partial charge in [0.2, 0.25) is 0 Å². The van der Waals surface area contributed by atoms with Crippen molar-refractivity contribution >= 4 is 0 Å². The molecule has 116 valence electrons. The van der Waals surface area contributed by atoms with Crippen molar-refractivity contribution < 1.29 is 5.11 Å². The Hall–Kier alpha value is -0.0800. The smallest absolute Gasteiger partial charge is 0.0580 e. The summed E-state index contributed by atoms with van der Waals surface area (Å²) >= 11 is 0. The Labute approximate surface area is 124 Å². The number of hydrogen-bond donors (Lipinski definition) is 1. The average molecular weight is 279 g/mol. The van der Waals surface area contributed by atoms with E-state index in [1.54, 1.807) is 0 Å². The third-order valence-corrected chi connectivity index (χ3v) is 5.85. The lowest BCUT2D eigenvalue weighted by atomic mass is 9.74. The van der Waals surface area contributed by atoms with Crippen LogP contribution in [0.15, 0.2) is 0 Å². The Balaban J connectivity index is 1.53. The summed E-state index contributed by atoms with van der Waals surface area (Å²) in [6.07, 6.45) is 9.28. The summed E-state index contributed by atoms with van der Waals surface area (Å²) in [5.41, 5.74) is 0. The molecule has 3 unspecified atom stereocenters. The fourth-order valence-corrected chi connectivity index (χ4v) is 3.97. The van der Waals surface area contributed by atoms with Crippen LogP contribution in [0.5, 0.6) is 0 Å². The molecule has 0 heterocycles. The molecule has 0 aromatic rings. The highest BCUT2D eigenvalue weighted by Crippen LogP contribution is 2.37. The Morgan fingerprint density at radius 2 is 1.50 bits per heavy atom. The summed E-state index contributed by atoms with van der Waals surface area (Å²) in [7, 11) is 0. The molecule has 20 heavy (non-hydrogen) atoms. The predicted molar refractivity (Wildman–Crippen MR) is 83.6 cm³/mol. The summed E-state index contributed by atoms with van der Waals surface area (Å²) in [5.74, 6) is 4.12. The van der Waals surface area contributed by atoms with E-state index in [0.29, 0.717) is 5.92 Å². The lowest BCUT2D eigenvalue weighted by Gasteiger charge is -2.38. The first kappa shape index (κ1) is 14.8. The summed E-state index contributed by atoms with van der Waals surface area (Å²) in [5, 5.41) is 10.4. The fraction of sp³-hybridized carbons (Fsp3) is 1.00. The zero-order chi connectivity index (χ0) is 14.1. The van der Waals surface area contributed by atoms with Gasteiger partial charge in [0.1, 0.15) is 0 Å². The first-order valence-electron chi connectivity index (χ1n) is 9.02. The molecule has 3 aliphatic rings. The van der Waals surface area contributed by atoms with Crippen molar-refractivity contribution in [3.8, 4) is 0 Å². The Morgan fingerprint density at radius 1 is 0.900 bits per heavy atom. The van der Waals surface area contributed by atoms with Crippen LogP contribution < -0.4 is 0 Å². The van der Waals surface area contributed by atoms with E-state index in [0.717, 1.165) is 36.6 Å². The first-order valence-corrected chi connectivity index (χ1v) is 9.02. The Morgan fingerprint density at radius 3 is 2.00 bits per heavy atom. The largest absolute Gasteiger partial charge is 0.393 e. The minimum Gasteiger partial charge on any atom is -0.393 e. The van der Waals surface area contributed by atoms with E-state index in [4.69, 9.17) is 0 Å². The van der Waals surface area contributed by atoms with Crippen LogP contribution >= 0.6 is 0 Å². The molecule has 0 aromatic heterocycles. The van der Waals surface area contributed by atoms with Gasteiger partial charge in [-0.15, -0.1) is 0 Å². The molecule has 0 radical (unpaired) electrons. The lowest BCUT2D eigenvalue weighted by Crippen LogP contribution is -2.41. The van der Waals surface area contributed by atoms with E-state index < -0.39 is 0 Å². The van der Waals surface area contributed by atoms with E-state index in [1.165, 1.54) is 51.6 Å². The van der Waals surface area contributed by atoms with Crippen LogP contribution in [0, 0.1) is 29.6 Å².